The molecule has 7 heteroatoms. The molecule has 0 radical (unpaired) electrons. The first kappa shape index (κ1) is 15.3. The summed E-state index contributed by atoms with van der Waals surface area (Å²) < 4.78 is 3.91. The molecule has 4 aromatic heterocycles. The van der Waals surface area contributed by atoms with Gasteiger partial charge < -0.3 is 14.6 Å². The minimum Gasteiger partial charge on any atom is -0.350 e. The molecule has 0 aliphatic heterocycles. The van der Waals surface area contributed by atoms with Crippen molar-refractivity contribution in [3.05, 3.63) is 49.2 Å². The van der Waals surface area contributed by atoms with E-state index in [0.717, 1.165) is 35.1 Å². The molecule has 5 rings (SSSR count). The van der Waals surface area contributed by atoms with Crippen LogP contribution in [0.15, 0.2) is 49.2 Å². The van der Waals surface area contributed by atoms with E-state index in [2.05, 4.69) is 57.7 Å². The Morgan fingerprint density at radius 3 is 2.85 bits per heavy atom. The standard InChI is InChI=1S/C19H21N7/c1-24(2)15-9-14(10-15)22-19-21-11-17-16(5-7-26(17)23-19)13-3-4-18-20-6-8-25(18)12-13/h3-8,11-12,14-15H,9-10H2,1-2H3,(H,22,23). The van der Waals surface area contributed by atoms with Crippen LogP contribution in [0.5, 0.6) is 0 Å². The van der Waals surface area contributed by atoms with Crippen molar-refractivity contribution in [2.75, 3.05) is 19.4 Å². The van der Waals surface area contributed by atoms with Gasteiger partial charge in [0.15, 0.2) is 0 Å². The lowest BCUT2D eigenvalue weighted by Crippen LogP contribution is -2.47. The van der Waals surface area contributed by atoms with Gasteiger partial charge in [-0.2, -0.15) is 0 Å². The monoisotopic (exact) mass is 347 g/mol. The second kappa shape index (κ2) is 5.81. The number of pyridine rings is 1. The lowest BCUT2D eigenvalue weighted by Gasteiger charge is -2.39. The number of nitrogens with zero attached hydrogens (tertiary/aromatic N) is 6. The smallest absolute Gasteiger partial charge is 0.241 e. The second-order valence-corrected chi connectivity index (χ2v) is 7.18. The number of aromatic nitrogens is 5. The molecule has 4 aromatic rings. The van der Waals surface area contributed by atoms with E-state index < -0.39 is 0 Å². The molecule has 132 valence electrons. The number of fused-ring (bicyclic) bond motifs is 2. The lowest BCUT2D eigenvalue weighted by molar-refractivity contribution is 0.177. The minimum absolute atomic E-state index is 0.457. The van der Waals surface area contributed by atoms with Crippen LogP contribution in [-0.2, 0) is 0 Å². The summed E-state index contributed by atoms with van der Waals surface area (Å²) in [6.45, 7) is 0. The number of hydrogen-bond donors (Lipinski definition) is 1. The maximum Gasteiger partial charge on any atom is 0.241 e. The summed E-state index contributed by atoms with van der Waals surface area (Å²) in [5.74, 6) is 0.687. The van der Waals surface area contributed by atoms with Crippen LogP contribution in [0.4, 0.5) is 5.95 Å². The zero-order valence-electron chi connectivity index (χ0n) is 14.9. The zero-order chi connectivity index (χ0) is 17.7. The molecule has 1 fully saturated rings. The van der Waals surface area contributed by atoms with Crippen LogP contribution in [0.1, 0.15) is 12.8 Å². The molecule has 26 heavy (non-hydrogen) atoms. The highest BCUT2D eigenvalue weighted by atomic mass is 15.3. The van der Waals surface area contributed by atoms with Gasteiger partial charge >= 0.3 is 0 Å². The largest absolute Gasteiger partial charge is 0.350 e. The van der Waals surface area contributed by atoms with Crippen molar-refractivity contribution in [1.29, 1.82) is 0 Å². The highest BCUT2D eigenvalue weighted by Crippen LogP contribution is 2.28. The van der Waals surface area contributed by atoms with Gasteiger partial charge in [0.25, 0.3) is 0 Å². The van der Waals surface area contributed by atoms with Crippen molar-refractivity contribution in [2.24, 2.45) is 0 Å². The van der Waals surface area contributed by atoms with Gasteiger partial charge in [0.05, 0.1) is 11.7 Å². The van der Waals surface area contributed by atoms with E-state index in [1.807, 2.05) is 33.6 Å². The average Bonchev–Trinajstić information content (AvgIpc) is 3.22. The third-order valence-corrected chi connectivity index (χ3v) is 5.29. The van der Waals surface area contributed by atoms with E-state index in [4.69, 9.17) is 0 Å². The average molecular weight is 347 g/mol. The second-order valence-electron chi connectivity index (χ2n) is 7.18. The first-order valence-electron chi connectivity index (χ1n) is 8.88. The molecule has 0 saturated heterocycles. The van der Waals surface area contributed by atoms with Gasteiger partial charge in [-0.25, -0.2) is 14.5 Å². The molecular formula is C19H21N7. The molecule has 0 atom stereocenters. The topological polar surface area (TPSA) is 62.8 Å². The molecule has 1 aliphatic carbocycles. The van der Waals surface area contributed by atoms with Crippen molar-refractivity contribution in [3.8, 4) is 11.1 Å². The van der Waals surface area contributed by atoms with Crippen molar-refractivity contribution in [3.63, 3.8) is 0 Å². The van der Waals surface area contributed by atoms with Crippen molar-refractivity contribution in [2.45, 2.75) is 24.9 Å². The zero-order valence-corrected chi connectivity index (χ0v) is 14.9. The Kier molecular flexibility index (Phi) is 3.43. The van der Waals surface area contributed by atoms with Crippen LogP contribution < -0.4 is 5.32 Å². The van der Waals surface area contributed by atoms with Gasteiger partial charge in [-0.3, -0.25) is 0 Å². The summed E-state index contributed by atoms with van der Waals surface area (Å²) >= 11 is 0. The Bertz CT molecular complexity index is 1070. The fourth-order valence-corrected chi connectivity index (χ4v) is 3.60. The molecule has 1 N–H and O–H groups in total. The van der Waals surface area contributed by atoms with E-state index in [9.17, 15) is 0 Å². The van der Waals surface area contributed by atoms with E-state index in [0.29, 0.717) is 18.0 Å². The van der Waals surface area contributed by atoms with Gasteiger partial charge in [-0.15, -0.1) is 5.10 Å². The summed E-state index contributed by atoms with van der Waals surface area (Å²) in [6, 6.07) is 7.30. The van der Waals surface area contributed by atoms with Gasteiger partial charge in [0, 0.05) is 48.0 Å². The predicted molar refractivity (Wildman–Crippen MR) is 101 cm³/mol. The molecular weight excluding hydrogens is 326 g/mol. The number of nitrogens with one attached hydrogen (secondary N) is 1. The summed E-state index contributed by atoms with van der Waals surface area (Å²) in [5.41, 5.74) is 4.17. The number of imidazole rings is 1. The van der Waals surface area contributed by atoms with E-state index in [1.54, 1.807) is 6.20 Å². The van der Waals surface area contributed by atoms with Crippen molar-refractivity contribution < 1.29 is 0 Å². The molecule has 7 nitrogen and oxygen atoms in total. The van der Waals surface area contributed by atoms with Crippen molar-refractivity contribution >= 4 is 17.1 Å². The molecule has 0 amide bonds. The van der Waals surface area contributed by atoms with Crippen molar-refractivity contribution in [1.82, 2.24) is 28.9 Å². The third-order valence-electron chi connectivity index (χ3n) is 5.29. The maximum absolute atomic E-state index is 4.63. The first-order valence-corrected chi connectivity index (χ1v) is 8.88. The van der Waals surface area contributed by atoms with Crippen LogP contribution in [0.3, 0.4) is 0 Å². The Labute approximate surface area is 151 Å². The van der Waals surface area contributed by atoms with Gasteiger partial charge in [0.1, 0.15) is 5.65 Å². The summed E-state index contributed by atoms with van der Waals surface area (Å²) in [5, 5.41) is 8.07. The number of anilines is 1. The summed E-state index contributed by atoms with van der Waals surface area (Å²) in [7, 11) is 4.26. The van der Waals surface area contributed by atoms with Gasteiger partial charge in [0.2, 0.25) is 5.95 Å². The van der Waals surface area contributed by atoms with Crippen LogP contribution in [-0.4, -0.2) is 55.1 Å². The fraction of sp³-hybridized carbons (Fsp3) is 0.316. The highest BCUT2D eigenvalue weighted by Gasteiger charge is 2.30. The Hall–Kier alpha value is -2.93. The quantitative estimate of drug-likeness (QED) is 0.615. The van der Waals surface area contributed by atoms with Gasteiger partial charge in [-0.05, 0) is 45.1 Å². The summed E-state index contributed by atoms with van der Waals surface area (Å²) in [4.78, 5) is 11.1. The van der Waals surface area contributed by atoms with Crippen LogP contribution in [0.2, 0.25) is 0 Å². The van der Waals surface area contributed by atoms with E-state index >= 15 is 0 Å². The van der Waals surface area contributed by atoms with Crippen LogP contribution in [0.25, 0.3) is 22.3 Å². The normalized spacial score (nSPS) is 20.0. The fourth-order valence-electron chi connectivity index (χ4n) is 3.60. The maximum atomic E-state index is 4.63. The van der Waals surface area contributed by atoms with Crippen LogP contribution in [0, 0.1) is 0 Å². The molecule has 0 bridgehead atoms. The molecule has 4 heterocycles. The molecule has 1 saturated carbocycles. The van der Waals surface area contributed by atoms with E-state index in [1.165, 1.54) is 0 Å². The summed E-state index contributed by atoms with van der Waals surface area (Å²) in [6.07, 6.45) is 12.0. The molecule has 1 aliphatic rings. The molecule has 0 spiro atoms. The lowest BCUT2D eigenvalue weighted by atomic mass is 9.86. The Morgan fingerprint density at radius 2 is 2.00 bits per heavy atom. The minimum atomic E-state index is 0.457. The predicted octanol–water partition coefficient (Wildman–Crippen LogP) is 2.55. The molecule has 0 unspecified atom stereocenters. The number of hydrogen-bond acceptors (Lipinski definition) is 5. The first-order chi connectivity index (χ1) is 12.7. The molecule has 0 aromatic carbocycles. The SMILES string of the molecule is CN(C)C1CC(Nc2ncc3c(-c4ccc5nccn5c4)ccn3n2)C1. The van der Waals surface area contributed by atoms with E-state index in [-0.39, 0.29) is 0 Å². The van der Waals surface area contributed by atoms with Crippen LogP contribution >= 0.6 is 0 Å². The third kappa shape index (κ3) is 2.52. The van der Waals surface area contributed by atoms with Gasteiger partial charge in [-0.1, -0.05) is 0 Å². The Morgan fingerprint density at radius 1 is 1.12 bits per heavy atom. The number of rotatable bonds is 4. The Balaban J connectivity index is 1.41. The highest BCUT2D eigenvalue weighted by molar-refractivity contribution is 5.80.